The maximum absolute atomic E-state index is 14.2. The van der Waals surface area contributed by atoms with E-state index in [1.54, 1.807) is 29.2 Å². The van der Waals surface area contributed by atoms with Crippen molar-refractivity contribution in [2.24, 2.45) is 5.92 Å². The zero-order chi connectivity index (χ0) is 14.5. The number of Topliss-reactive ketones (excluding diaryl/α,β-unsaturated/α-hetero) is 1. The molecule has 108 valence electrons. The van der Waals surface area contributed by atoms with Crippen LogP contribution in [0.2, 0.25) is 0 Å². The van der Waals surface area contributed by atoms with Crippen molar-refractivity contribution in [3.63, 3.8) is 0 Å². The van der Waals surface area contributed by atoms with Crippen molar-refractivity contribution in [2.75, 3.05) is 26.7 Å². The first-order valence-electron chi connectivity index (χ1n) is 6.63. The topological polar surface area (TPSA) is 46.6 Å². The van der Waals surface area contributed by atoms with Gasteiger partial charge < -0.3 is 4.74 Å². The molecular weight excluding hydrogens is 261 g/mol. The Morgan fingerprint density at radius 3 is 2.80 bits per heavy atom. The lowest BCUT2D eigenvalue weighted by atomic mass is 9.96. The van der Waals surface area contributed by atoms with Crippen molar-refractivity contribution in [2.45, 2.75) is 12.6 Å². The summed E-state index contributed by atoms with van der Waals surface area (Å²) in [5.41, 5.74) is 0.610. The van der Waals surface area contributed by atoms with Crippen molar-refractivity contribution < 1.29 is 18.7 Å². The summed E-state index contributed by atoms with van der Waals surface area (Å²) in [7, 11) is 1.26. The molecule has 2 rings (SSSR count). The predicted molar refractivity (Wildman–Crippen MR) is 71.9 cm³/mol. The number of hydrogen-bond donors (Lipinski definition) is 0. The quantitative estimate of drug-likeness (QED) is 0.622. The molecule has 0 N–H and O–H groups in total. The van der Waals surface area contributed by atoms with Crippen LogP contribution < -0.4 is 0 Å². The summed E-state index contributed by atoms with van der Waals surface area (Å²) in [6.07, 6.45) is -0.857. The Labute approximate surface area is 117 Å². The number of rotatable bonds is 4. The van der Waals surface area contributed by atoms with E-state index in [0.29, 0.717) is 12.1 Å². The molecule has 5 heteroatoms. The van der Waals surface area contributed by atoms with Crippen molar-refractivity contribution in [1.82, 2.24) is 4.90 Å². The molecule has 0 spiro atoms. The minimum absolute atomic E-state index is 0.122. The first-order chi connectivity index (χ1) is 9.61. The molecule has 20 heavy (non-hydrogen) atoms. The average Bonchev–Trinajstić information content (AvgIpc) is 2.49. The Morgan fingerprint density at radius 1 is 1.45 bits per heavy atom. The fraction of sp³-hybridized carbons (Fsp3) is 0.467. The maximum atomic E-state index is 14.2. The second-order valence-corrected chi connectivity index (χ2v) is 4.93. The Morgan fingerprint density at radius 2 is 2.15 bits per heavy atom. The predicted octanol–water partition coefficient (Wildman–Crippen LogP) is 1.76. The van der Waals surface area contributed by atoms with Crippen LogP contribution in [-0.2, 0) is 14.3 Å². The molecule has 0 aromatic heterocycles. The minimum Gasteiger partial charge on any atom is -0.468 e. The molecule has 1 aliphatic heterocycles. The van der Waals surface area contributed by atoms with Gasteiger partial charge in [0, 0.05) is 26.1 Å². The number of halogens is 1. The highest BCUT2D eigenvalue weighted by Crippen LogP contribution is 2.22. The number of benzene rings is 1. The van der Waals surface area contributed by atoms with Gasteiger partial charge in [0.15, 0.2) is 0 Å². The number of nitrogens with zero attached hydrogens (tertiary/aromatic N) is 1. The molecule has 0 aliphatic carbocycles. The van der Waals surface area contributed by atoms with Gasteiger partial charge in [-0.15, -0.1) is 0 Å². The monoisotopic (exact) mass is 279 g/mol. The zero-order valence-corrected chi connectivity index (χ0v) is 11.4. The fourth-order valence-electron chi connectivity index (χ4n) is 2.40. The Kier molecular flexibility index (Phi) is 4.84. The van der Waals surface area contributed by atoms with Crippen molar-refractivity contribution >= 4 is 11.8 Å². The van der Waals surface area contributed by atoms with Gasteiger partial charge in [0.2, 0.25) is 0 Å². The fourth-order valence-corrected chi connectivity index (χ4v) is 2.40. The van der Waals surface area contributed by atoms with Gasteiger partial charge >= 0.3 is 5.97 Å². The number of methoxy groups -OCH3 is 1. The number of hydrogen-bond acceptors (Lipinski definition) is 4. The first-order valence-corrected chi connectivity index (χ1v) is 6.63. The van der Waals surface area contributed by atoms with Crippen molar-refractivity contribution in [3.8, 4) is 0 Å². The molecule has 1 aliphatic rings. The number of carbonyl (C=O) groups is 2. The smallest absolute Gasteiger partial charge is 0.317 e. The summed E-state index contributed by atoms with van der Waals surface area (Å²) < 4.78 is 18.8. The molecule has 1 saturated heterocycles. The molecule has 2 atom stereocenters. The SMILES string of the molecule is COC(=O)C1CN(CC(F)c2ccccc2)CCC1=O. The van der Waals surface area contributed by atoms with Crippen LogP contribution in [0.1, 0.15) is 18.2 Å². The molecule has 1 aromatic carbocycles. The van der Waals surface area contributed by atoms with E-state index in [1.807, 2.05) is 6.07 Å². The summed E-state index contributed by atoms with van der Waals surface area (Å²) in [6.45, 7) is 0.906. The number of piperidine rings is 1. The van der Waals surface area contributed by atoms with Gasteiger partial charge in [-0.3, -0.25) is 14.5 Å². The molecule has 0 radical (unpaired) electrons. The third-order valence-electron chi connectivity index (χ3n) is 3.57. The van der Waals surface area contributed by atoms with Gasteiger partial charge in [0.05, 0.1) is 7.11 Å². The largest absolute Gasteiger partial charge is 0.468 e. The van der Waals surface area contributed by atoms with Gasteiger partial charge in [-0.25, -0.2) is 4.39 Å². The van der Waals surface area contributed by atoms with E-state index >= 15 is 0 Å². The molecule has 0 saturated carbocycles. The molecular formula is C15H18FNO3. The van der Waals surface area contributed by atoms with E-state index < -0.39 is 18.1 Å². The van der Waals surface area contributed by atoms with E-state index in [0.717, 1.165) is 0 Å². The Bertz CT molecular complexity index is 469. The van der Waals surface area contributed by atoms with E-state index in [9.17, 15) is 14.0 Å². The van der Waals surface area contributed by atoms with Crippen LogP contribution in [0.25, 0.3) is 0 Å². The van der Waals surface area contributed by atoms with Crippen LogP contribution in [0.4, 0.5) is 4.39 Å². The van der Waals surface area contributed by atoms with Crippen LogP contribution in [0.15, 0.2) is 30.3 Å². The number of ether oxygens (including phenoxy) is 1. The maximum Gasteiger partial charge on any atom is 0.317 e. The average molecular weight is 279 g/mol. The van der Waals surface area contributed by atoms with E-state index in [-0.39, 0.29) is 25.3 Å². The van der Waals surface area contributed by atoms with Crippen LogP contribution in [0.3, 0.4) is 0 Å². The normalized spacial score (nSPS) is 21.5. The van der Waals surface area contributed by atoms with Crippen LogP contribution >= 0.6 is 0 Å². The molecule has 4 nitrogen and oxygen atoms in total. The Balaban J connectivity index is 1.96. The highest BCUT2D eigenvalue weighted by atomic mass is 19.1. The third-order valence-corrected chi connectivity index (χ3v) is 3.57. The Hall–Kier alpha value is -1.75. The number of likely N-dealkylation sites (tertiary alicyclic amines) is 1. The molecule has 2 unspecified atom stereocenters. The van der Waals surface area contributed by atoms with E-state index in [1.165, 1.54) is 7.11 Å². The minimum atomic E-state index is -1.12. The third kappa shape index (κ3) is 3.42. The van der Waals surface area contributed by atoms with Crippen LogP contribution in [0.5, 0.6) is 0 Å². The lowest BCUT2D eigenvalue weighted by Crippen LogP contribution is -2.45. The molecule has 1 heterocycles. The molecule has 0 bridgehead atoms. The van der Waals surface area contributed by atoms with Gasteiger partial charge in [0.1, 0.15) is 17.9 Å². The standard InChI is InChI=1S/C15H18FNO3/c1-20-15(19)12-9-17(8-7-14(12)18)10-13(16)11-5-3-2-4-6-11/h2-6,12-13H,7-10H2,1H3. The second kappa shape index (κ2) is 6.61. The number of ketones is 1. The van der Waals surface area contributed by atoms with Gasteiger partial charge in [-0.2, -0.15) is 0 Å². The van der Waals surface area contributed by atoms with Gasteiger partial charge in [0.25, 0.3) is 0 Å². The summed E-state index contributed by atoms with van der Waals surface area (Å²) >= 11 is 0. The molecule has 1 fully saturated rings. The summed E-state index contributed by atoms with van der Waals surface area (Å²) in [4.78, 5) is 25.0. The van der Waals surface area contributed by atoms with Crippen LogP contribution in [-0.4, -0.2) is 43.4 Å². The summed E-state index contributed by atoms with van der Waals surface area (Å²) in [6, 6.07) is 8.88. The number of esters is 1. The van der Waals surface area contributed by atoms with Crippen molar-refractivity contribution in [3.05, 3.63) is 35.9 Å². The van der Waals surface area contributed by atoms with E-state index in [4.69, 9.17) is 0 Å². The second-order valence-electron chi connectivity index (χ2n) is 4.93. The molecule has 1 aromatic rings. The van der Waals surface area contributed by atoms with E-state index in [2.05, 4.69) is 4.74 Å². The first kappa shape index (κ1) is 14.7. The van der Waals surface area contributed by atoms with Gasteiger partial charge in [-0.1, -0.05) is 30.3 Å². The number of alkyl halides is 1. The number of carbonyl (C=O) groups excluding carboxylic acids is 2. The van der Waals surface area contributed by atoms with Crippen molar-refractivity contribution in [1.29, 1.82) is 0 Å². The zero-order valence-electron chi connectivity index (χ0n) is 11.4. The van der Waals surface area contributed by atoms with Crippen LogP contribution in [0, 0.1) is 5.92 Å². The molecule has 0 amide bonds. The summed E-state index contributed by atoms with van der Waals surface area (Å²) in [5, 5.41) is 0. The summed E-state index contributed by atoms with van der Waals surface area (Å²) in [5.74, 6) is -1.44. The van der Waals surface area contributed by atoms with Gasteiger partial charge in [-0.05, 0) is 5.56 Å². The highest BCUT2D eigenvalue weighted by Gasteiger charge is 2.34. The lowest BCUT2D eigenvalue weighted by Gasteiger charge is -2.31. The lowest BCUT2D eigenvalue weighted by molar-refractivity contribution is -0.152. The highest BCUT2D eigenvalue weighted by molar-refractivity contribution is 5.99.